The number of ether oxygens (including phenoxy) is 1. The highest BCUT2D eigenvalue weighted by atomic mass is 19.4. The molecule has 1 aromatic rings. The number of halogens is 3. The van der Waals surface area contributed by atoms with Gasteiger partial charge in [-0.15, -0.1) is 0 Å². The molecule has 1 fully saturated rings. The van der Waals surface area contributed by atoms with Crippen LogP contribution < -0.4 is 5.73 Å². The van der Waals surface area contributed by atoms with Crippen molar-refractivity contribution >= 4 is 23.5 Å². The van der Waals surface area contributed by atoms with Gasteiger partial charge in [-0.05, 0) is 24.6 Å². The monoisotopic (exact) mass is 330 g/mol. The van der Waals surface area contributed by atoms with Gasteiger partial charge < -0.3 is 10.5 Å². The molecular weight excluding hydrogens is 317 g/mol. The largest absolute Gasteiger partial charge is 0.452 e. The molecular formula is C14H13F3N2O4. The molecule has 0 spiro atoms. The number of nitrogens with two attached hydrogens (primary N) is 1. The Labute approximate surface area is 129 Å². The van der Waals surface area contributed by atoms with Crippen LogP contribution in [0.25, 0.3) is 0 Å². The molecule has 1 aromatic carbocycles. The van der Waals surface area contributed by atoms with E-state index in [1.165, 1.54) is 0 Å². The number of nitrogen functional groups attached to an aromatic ring is 1. The number of imide groups is 1. The first-order chi connectivity index (χ1) is 10.7. The summed E-state index contributed by atoms with van der Waals surface area (Å²) in [6.45, 7) is -0.414. The average Bonchev–Trinajstić information content (AvgIpc) is 2.89. The fourth-order valence-electron chi connectivity index (χ4n) is 2.12. The van der Waals surface area contributed by atoms with Crippen molar-refractivity contribution in [3.8, 4) is 0 Å². The van der Waals surface area contributed by atoms with Gasteiger partial charge in [0.25, 0.3) is 5.91 Å². The van der Waals surface area contributed by atoms with E-state index in [4.69, 9.17) is 10.5 Å². The maximum absolute atomic E-state index is 12.5. The molecule has 1 saturated heterocycles. The van der Waals surface area contributed by atoms with Crippen LogP contribution in [0.5, 0.6) is 0 Å². The highest BCUT2D eigenvalue weighted by molar-refractivity contribution is 6.00. The summed E-state index contributed by atoms with van der Waals surface area (Å²) in [6, 6.07) is 2.19. The fourth-order valence-corrected chi connectivity index (χ4v) is 2.12. The quantitative estimate of drug-likeness (QED) is 0.671. The molecule has 2 rings (SSSR count). The Bertz CT molecular complexity index is 658. The SMILES string of the molecule is Nc1cc(C(F)(F)F)ccc1C(=O)OCC(=O)N1CCCC1=O. The molecule has 1 heterocycles. The normalized spacial score (nSPS) is 14.9. The van der Waals surface area contributed by atoms with E-state index in [1.54, 1.807) is 0 Å². The van der Waals surface area contributed by atoms with Crippen LogP contribution in [0, 0.1) is 0 Å². The maximum atomic E-state index is 12.5. The maximum Gasteiger partial charge on any atom is 0.416 e. The topological polar surface area (TPSA) is 89.7 Å². The molecule has 2 amide bonds. The molecule has 0 radical (unpaired) electrons. The van der Waals surface area contributed by atoms with Crippen molar-refractivity contribution in [1.29, 1.82) is 0 Å². The predicted octanol–water partition coefficient (Wildman–Crippen LogP) is 1.59. The molecule has 6 nitrogen and oxygen atoms in total. The van der Waals surface area contributed by atoms with Crippen LogP contribution in [0.15, 0.2) is 18.2 Å². The molecule has 0 bridgehead atoms. The minimum Gasteiger partial charge on any atom is -0.452 e. The lowest BCUT2D eigenvalue weighted by Gasteiger charge is -2.14. The zero-order valence-electron chi connectivity index (χ0n) is 11.9. The number of carbonyl (C=O) groups excluding carboxylic acids is 3. The third-order valence-electron chi connectivity index (χ3n) is 3.30. The van der Waals surface area contributed by atoms with E-state index in [1.807, 2.05) is 0 Å². The van der Waals surface area contributed by atoms with E-state index in [-0.39, 0.29) is 24.4 Å². The van der Waals surface area contributed by atoms with Gasteiger partial charge in [-0.25, -0.2) is 4.79 Å². The van der Waals surface area contributed by atoms with Crippen LogP contribution >= 0.6 is 0 Å². The highest BCUT2D eigenvalue weighted by Crippen LogP contribution is 2.31. The van der Waals surface area contributed by atoms with Gasteiger partial charge in [0.05, 0.1) is 11.1 Å². The van der Waals surface area contributed by atoms with Crippen molar-refractivity contribution in [3.63, 3.8) is 0 Å². The fraction of sp³-hybridized carbons (Fsp3) is 0.357. The number of nitrogens with zero attached hydrogens (tertiary/aromatic N) is 1. The Morgan fingerprint density at radius 3 is 2.52 bits per heavy atom. The molecule has 0 unspecified atom stereocenters. The first-order valence-corrected chi connectivity index (χ1v) is 6.67. The average molecular weight is 330 g/mol. The van der Waals surface area contributed by atoms with Crippen LogP contribution in [-0.2, 0) is 20.5 Å². The van der Waals surface area contributed by atoms with Crippen LogP contribution in [0.4, 0.5) is 18.9 Å². The number of likely N-dealkylation sites (tertiary alicyclic amines) is 1. The zero-order valence-corrected chi connectivity index (χ0v) is 11.9. The van der Waals surface area contributed by atoms with Gasteiger partial charge in [-0.1, -0.05) is 0 Å². The summed E-state index contributed by atoms with van der Waals surface area (Å²) in [6.07, 6.45) is -3.78. The lowest BCUT2D eigenvalue weighted by Crippen LogP contribution is -2.35. The summed E-state index contributed by atoms with van der Waals surface area (Å²) in [5, 5.41) is 0. The summed E-state index contributed by atoms with van der Waals surface area (Å²) in [7, 11) is 0. The van der Waals surface area contributed by atoms with Gasteiger partial charge in [0.15, 0.2) is 6.61 Å². The van der Waals surface area contributed by atoms with Crippen LogP contribution in [0.1, 0.15) is 28.8 Å². The Kier molecular flexibility index (Phi) is 4.57. The molecule has 0 aliphatic carbocycles. The van der Waals surface area contributed by atoms with Crippen molar-refractivity contribution in [2.45, 2.75) is 19.0 Å². The molecule has 1 aliphatic heterocycles. The van der Waals surface area contributed by atoms with E-state index in [0.717, 1.165) is 11.0 Å². The van der Waals surface area contributed by atoms with Gasteiger partial charge in [0.2, 0.25) is 5.91 Å². The second-order valence-electron chi connectivity index (χ2n) is 4.92. The summed E-state index contributed by atoms with van der Waals surface area (Å²) >= 11 is 0. The van der Waals surface area contributed by atoms with E-state index < -0.39 is 35.9 Å². The van der Waals surface area contributed by atoms with Crippen molar-refractivity contribution in [2.75, 3.05) is 18.9 Å². The first-order valence-electron chi connectivity index (χ1n) is 6.67. The summed E-state index contributed by atoms with van der Waals surface area (Å²) in [5.74, 6) is -2.05. The second-order valence-corrected chi connectivity index (χ2v) is 4.92. The Hall–Kier alpha value is -2.58. The number of hydrogen-bond acceptors (Lipinski definition) is 5. The number of esters is 1. The summed E-state index contributed by atoms with van der Waals surface area (Å²) in [4.78, 5) is 35.8. The molecule has 1 aliphatic rings. The third kappa shape index (κ3) is 3.79. The molecule has 0 atom stereocenters. The zero-order chi connectivity index (χ0) is 17.2. The minimum atomic E-state index is -4.58. The van der Waals surface area contributed by atoms with E-state index in [9.17, 15) is 27.6 Å². The number of carbonyl (C=O) groups is 3. The molecule has 9 heteroatoms. The van der Waals surface area contributed by atoms with E-state index in [2.05, 4.69) is 0 Å². The van der Waals surface area contributed by atoms with Gasteiger partial charge in [0.1, 0.15) is 0 Å². The van der Waals surface area contributed by atoms with Crippen LogP contribution in [0.2, 0.25) is 0 Å². The molecule has 0 aromatic heterocycles. The number of alkyl halides is 3. The second kappa shape index (κ2) is 6.27. The number of anilines is 1. The van der Waals surface area contributed by atoms with Crippen molar-refractivity contribution in [1.82, 2.24) is 4.90 Å². The van der Waals surface area contributed by atoms with E-state index in [0.29, 0.717) is 18.6 Å². The summed E-state index contributed by atoms with van der Waals surface area (Å²) < 4.78 is 42.2. The number of benzene rings is 1. The van der Waals surface area contributed by atoms with Gasteiger partial charge in [-0.2, -0.15) is 13.2 Å². The minimum absolute atomic E-state index is 0.255. The standard InChI is InChI=1S/C14H13F3N2O4/c15-14(16,17)8-3-4-9(10(18)6-8)13(22)23-7-12(21)19-5-1-2-11(19)20/h3-4,6H,1-2,5,7,18H2. The number of amides is 2. The Balaban J connectivity index is 2.01. The predicted molar refractivity (Wildman–Crippen MR) is 72.1 cm³/mol. The molecule has 124 valence electrons. The first kappa shape index (κ1) is 16.8. The number of rotatable bonds is 3. The van der Waals surface area contributed by atoms with E-state index >= 15 is 0 Å². The van der Waals surface area contributed by atoms with Crippen LogP contribution in [-0.4, -0.2) is 35.8 Å². The third-order valence-corrected chi connectivity index (χ3v) is 3.30. The molecule has 0 saturated carbocycles. The smallest absolute Gasteiger partial charge is 0.416 e. The Morgan fingerprint density at radius 2 is 2.00 bits per heavy atom. The van der Waals surface area contributed by atoms with Crippen molar-refractivity contribution in [3.05, 3.63) is 29.3 Å². The van der Waals surface area contributed by atoms with Gasteiger partial charge in [-0.3, -0.25) is 14.5 Å². The van der Waals surface area contributed by atoms with Crippen LogP contribution in [0.3, 0.4) is 0 Å². The highest BCUT2D eigenvalue weighted by Gasteiger charge is 2.32. The van der Waals surface area contributed by atoms with Crippen molar-refractivity contribution < 1.29 is 32.3 Å². The van der Waals surface area contributed by atoms with Gasteiger partial charge in [0, 0.05) is 18.7 Å². The van der Waals surface area contributed by atoms with Gasteiger partial charge >= 0.3 is 12.1 Å². The lowest BCUT2D eigenvalue weighted by atomic mass is 10.1. The number of hydrogen-bond donors (Lipinski definition) is 1. The summed E-state index contributed by atoms with van der Waals surface area (Å²) in [5.41, 5.74) is 3.74. The lowest BCUT2D eigenvalue weighted by molar-refractivity contribution is -0.144. The molecule has 2 N–H and O–H groups in total. The van der Waals surface area contributed by atoms with Crippen molar-refractivity contribution in [2.24, 2.45) is 0 Å². The molecule has 23 heavy (non-hydrogen) atoms. The Morgan fingerprint density at radius 1 is 1.30 bits per heavy atom.